The highest BCUT2D eigenvalue weighted by molar-refractivity contribution is 5.84. The lowest BCUT2D eigenvalue weighted by molar-refractivity contribution is -0.147. The third kappa shape index (κ3) is 10.7. The summed E-state index contributed by atoms with van der Waals surface area (Å²) in [5.74, 6) is 0.923. The molecule has 0 bridgehead atoms. The first kappa shape index (κ1) is 44.4. The Hall–Kier alpha value is -1.72. The van der Waals surface area contributed by atoms with Crippen molar-refractivity contribution in [3.63, 3.8) is 0 Å². The molecule has 55 heavy (non-hydrogen) atoms. The Morgan fingerprint density at radius 1 is 0.727 bits per heavy atom. The molecule has 5 rings (SSSR count). The molecule has 0 aromatic heterocycles. The summed E-state index contributed by atoms with van der Waals surface area (Å²) in [4.78, 5) is 13.1. The zero-order valence-corrected chi connectivity index (χ0v) is 34.8. The molecule has 4 saturated carbocycles. The van der Waals surface area contributed by atoms with Crippen molar-refractivity contribution in [3.8, 4) is 0 Å². The van der Waals surface area contributed by atoms with Crippen LogP contribution in [0.3, 0.4) is 0 Å². The molecule has 1 saturated heterocycles. The standard InChI is InChI=1S/C41H71N3O11/c1-22(21-54-32-13-10-24(14-33(32)48-4)40-43-30-12-11-27(47-3)19-28(30)41(46)44-40)23(2)55-39-36(51-7)17-26(18-37(39)52-8)31(45)20-29(42)25-15-34(49-5)38(53-9)35(16-25)50-6/h24-28,30-40,42-43,45H,10-21H2,1-9H3,(H,44,46). The molecule has 0 spiro atoms. The molecule has 4 N–H and O–H groups in total. The maximum atomic E-state index is 13.1. The van der Waals surface area contributed by atoms with E-state index < -0.39 is 6.10 Å². The Kier molecular flexibility index (Phi) is 16.8. The molecule has 316 valence electrons. The third-order valence-corrected chi connectivity index (χ3v) is 13.7. The number of amides is 1. The van der Waals surface area contributed by atoms with E-state index in [2.05, 4.69) is 10.6 Å². The van der Waals surface area contributed by atoms with Gasteiger partial charge >= 0.3 is 0 Å². The number of allylic oxidation sites excluding steroid dienone is 1. The van der Waals surface area contributed by atoms with Crippen LogP contribution < -0.4 is 10.6 Å². The van der Waals surface area contributed by atoms with Crippen molar-refractivity contribution in [2.75, 3.05) is 56.4 Å². The minimum Gasteiger partial charge on any atom is -0.490 e. The van der Waals surface area contributed by atoms with Gasteiger partial charge in [0.1, 0.15) is 6.10 Å². The van der Waals surface area contributed by atoms with Gasteiger partial charge in [-0.3, -0.25) is 10.1 Å². The topological polar surface area (TPSA) is 168 Å². The predicted octanol–water partition coefficient (Wildman–Crippen LogP) is 3.76. The number of hydrogen-bond donors (Lipinski definition) is 4. The van der Waals surface area contributed by atoms with Crippen molar-refractivity contribution in [2.24, 2.45) is 23.7 Å². The molecule has 12 atom stereocenters. The lowest BCUT2D eigenvalue weighted by Crippen LogP contribution is -2.66. The summed E-state index contributed by atoms with van der Waals surface area (Å²) >= 11 is 0. The number of aliphatic hydroxyl groups excluding tert-OH is 1. The van der Waals surface area contributed by atoms with Gasteiger partial charge in [-0.15, -0.1) is 0 Å². The predicted molar refractivity (Wildman–Crippen MR) is 206 cm³/mol. The second-order valence-electron chi connectivity index (χ2n) is 16.6. The fourth-order valence-electron chi connectivity index (χ4n) is 10.0. The number of nitrogens with one attached hydrogen (secondary N) is 3. The quantitative estimate of drug-likeness (QED) is 0.125. The molecule has 1 aliphatic heterocycles. The van der Waals surface area contributed by atoms with Gasteiger partial charge in [0, 0.05) is 73.9 Å². The van der Waals surface area contributed by atoms with Gasteiger partial charge in [-0.2, -0.15) is 0 Å². The number of carbonyl (C=O) groups excluding carboxylic acids is 1. The van der Waals surface area contributed by atoms with Gasteiger partial charge in [-0.25, -0.2) is 0 Å². The van der Waals surface area contributed by atoms with Gasteiger partial charge in [-0.05, 0) is 95.5 Å². The number of aliphatic hydroxyl groups is 1. The number of hydrogen-bond acceptors (Lipinski definition) is 13. The summed E-state index contributed by atoms with van der Waals surface area (Å²) in [6, 6.07) is 0.187. The van der Waals surface area contributed by atoms with E-state index in [0.29, 0.717) is 38.0 Å². The zero-order valence-electron chi connectivity index (χ0n) is 34.8. The summed E-state index contributed by atoms with van der Waals surface area (Å²) in [7, 11) is 11.8. The summed E-state index contributed by atoms with van der Waals surface area (Å²) in [6.45, 7) is 4.37. The fourth-order valence-corrected chi connectivity index (χ4v) is 10.0. The van der Waals surface area contributed by atoms with Crippen LogP contribution in [0.15, 0.2) is 11.3 Å². The van der Waals surface area contributed by atoms with Crippen molar-refractivity contribution in [1.29, 1.82) is 5.41 Å². The number of ether oxygens (including phenoxy) is 9. The van der Waals surface area contributed by atoms with Crippen LogP contribution in [0.4, 0.5) is 0 Å². The maximum absolute atomic E-state index is 13.1. The first-order valence-corrected chi connectivity index (χ1v) is 20.4. The molecule has 5 fully saturated rings. The highest BCUT2D eigenvalue weighted by Gasteiger charge is 2.46. The number of rotatable bonds is 17. The average Bonchev–Trinajstić information content (AvgIpc) is 3.21. The minimum atomic E-state index is -0.723. The summed E-state index contributed by atoms with van der Waals surface area (Å²) in [6.07, 6.45) is 5.64. The highest BCUT2D eigenvalue weighted by Crippen LogP contribution is 2.38. The number of methoxy groups -OCH3 is 7. The molecular weight excluding hydrogens is 710 g/mol. The Labute approximate surface area is 328 Å². The smallest absolute Gasteiger partial charge is 0.226 e. The van der Waals surface area contributed by atoms with Crippen LogP contribution in [-0.2, 0) is 47.4 Å². The van der Waals surface area contributed by atoms with Crippen molar-refractivity contribution < 1.29 is 52.5 Å². The monoisotopic (exact) mass is 782 g/mol. The van der Waals surface area contributed by atoms with Crippen LogP contribution in [0.1, 0.15) is 84.5 Å². The molecule has 14 heteroatoms. The summed E-state index contributed by atoms with van der Waals surface area (Å²) < 4.78 is 53.6. The van der Waals surface area contributed by atoms with E-state index in [1.54, 1.807) is 49.8 Å². The van der Waals surface area contributed by atoms with E-state index in [1.807, 2.05) is 13.8 Å². The van der Waals surface area contributed by atoms with Gasteiger partial charge < -0.3 is 58.5 Å². The molecule has 1 heterocycles. The van der Waals surface area contributed by atoms with E-state index in [1.165, 1.54) is 0 Å². The van der Waals surface area contributed by atoms with Crippen LogP contribution >= 0.6 is 0 Å². The van der Waals surface area contributed by atoms with Gasteiger partial charge in [0.15, 0.2) is 6.10 Å². The van der Waals surface area contributed by atoms with Crippen LogP contribution in [0, 0.1) is 29.1 Å². The second kappa shape index (κ2) is 20.8. The first-order valence-electron chi connectivity index (χ1n) is 20.4. The van der Waals surface area contributed by atoms with Gasteiger partial charge in [0.2, 0.25) is 5.91 Å². The molecule has 0 aromatic rings. The molecule has 14 nitrogen and oxygen atoms in total. The van der Waals surface area contributed by atoms with Gasteiger partial charge in [-0.1, -0.05) is 0 Å². The largest absolute Gasteiger partial charge is 0.490 e. The Morgan fingerprint density at radius 2 is 1.35 bits per heavy atom. The van der Waals surface area contributed by atoms with E-state index in [-0.39, 0.29) is 103 Å². The van der Waals surface area contributed by atoms with E-state index in [4.69, 9.17) is 48.0 Å². The molecule has 5 aliphatic rings. The Balaban J connectivity index is 1.11. The summed E-state index contributed by atoms with van der Waals surface area (Å²) in [5.41, 5.74) is 1.48. The van der Waals surface area contributed by atoms with Gasteiger partial charge in [0.25, 0.3) is 0 Å². The Bertz CT molecular complexity index is 1240. The highest BCUT2D eigenvalue weighted by atomic mass is 16.6. The molecule has 0 aromatic carbocycles. The van der Waals surface area contributed by atoms with Crippen molar-refractivity contribution in [3.05, 3.63) is 11.3 Å². The number of carbonyl (C=O) groups is 1. The molecule has 1 amide bonds. The SMILES string of the molecule is COC1CCC2NC(C3CCC(OCC(C)=C(C)OC4C(OC)CC(C(O)CC(=N)C5CC(OC)C(OC)C(OC)C5)CC4OC)C(OC)C3)NC(=O)C2C1. The van der Waals surface area contributed by atoms with Crippen molar-refractivity contribution in [1.82, 2.24) is 10.6 Å². The van der Waals surface area contributed by atoms with E-state index in [0.717, 1.165) is 49.9 Å². The van der Waals surface area contributed by atoms with E-state index >= 15 is 0 Å². The molecule has 12 unspecified atom stereocenters. The third-order valence-electron chi connectivity index (χ3n) is 13.7. The second-order valence-corrected chi connectivity index (χ2v) is 16.6. The van der Waals surface area contributed by atoms with Crippen molar-refractivity contribution >= 4 is 11.6 Å². The normalized spacial score (nSPS) is 40.8. The molecule has 0 radical (unpaired) electrons. The first-order chi connectivity index (χ1) is 26.5. The molecular formula is C41H71N3O11. The zero-order chi connectivity index (χ0) is 39.8. The Morgan fingerprint density at radius 3 is 1.93 bits per heavy atom. The average molecular weight is 782 g/mol. The number of fused-ring (bicyclic) bond motifs is 1. The fraction of sp³-hybridized carbons (Fsp3) is 0.902. The van der Waals surface area contributed by atoms with Crippen LogP contribution in [0.25, 0.3) is 0 Å². The van der Waals surface area contributed by atoms with Crippen LogP contribution in [0.2, 0.25) is 0 Å². The lowest BCUT2D eigenvalue weighted by Gasteiger charge is -2.46. The summed E-state index contributed by atoms with van der Waals surface area (Å²) in [5, 5.41) is 27.4. The van der Waals surface area contributed by atoms with Crippen molar-refractivity contribution in [2.45, 2.75) is 158 Å². The lowest BCUT2D eigenvalue weighted by atomic mass is 9.75. The minimum absolute atomic E-state index is 0.0414. The van der Waals surface area contributed by atoms with Crippen LogP contribution in [0.5, 0.6) is 0 Å². The van der Waals surface area contributed by atoms with Crippen LogP contribution in [-0.4, -0.2) is 146 Å². The van der Waals surface area contributed by atoms with E-state index in [9.17, 15) is 9.90 Å². The maximum Gasteiger partial charge on any atom is 0.226 e. The molecule has 4 aliphatic carbocycles. The van der Waals surface area contributed by atoms with Gasteiger partial charge in [0.05, 0.1) is 73.3 Å².